The number of ether oxygens (including phenoxy) is 1. The average Bonchev–Trinajstić information content (AvgIpc) is 2.62. The van der Waals surface area contributed by atoms with Gasteiger partial charge >= 0.3 is 0 Å². The summed E-state index contributed by atoms with van der Waals surface area (Å²) >= 11 is 2.01. The maximum absolute atomic E-state index is 6.03. The molecule has 0 heterocycles. The quantitative estimate of drug-likeness (QED) is 0.254. The van der Waals surface area contributed by atoms with E-state index in [1.165, 1.54) is 17.6 Å². The lowest BCUT2D eigenvalue weighted by Crippen LogP contribution is -2.45. The molecule has 0 radical (unpaired) electrons. The molecule has 0 amide bonds. The molecule has 3 heteroatoms. The maximum Gasteiger partial charge on any atom is 0.0605 e. The molecule has 0 bridgehead atoms. The molecular weight excluding hydrogens is 615 g/mol. The van der Waals surface area contributed by atoms with Crippen LogP contribution in [0.4, 0.5) is 0 Å². The summed E-state index contributed by atoms with van der Waals surface area (Å²) in [6.45, 7) is 70.9. The van der Waals surface area contributed by atoms with E-state index in [9.17, 15) is 0 Å². The molecule has 0 aliphatic carbocycles. The molecule has 0 unspecified atom stereocenters. The van der Waals surface area contributed by atoms with Gasteiger partial charge in [0.15, 0.2) is 0 Å². The van der Waals surface area contributed by atoms with Crippen LogP contribution in [-0.4, -0.2) is 26.7 Å². The zero-order chi connectivity index (χ0) is 41.9. The summed E-state index contributed by atoms with van der Waals surface area (Å²) in [5.41, 5.74) is 11.1. The lowest BCUT2D eigenvalue weighted by molar-refractivity contribution is -0.102. The first-order valence-corrected chi connectivity index (χ1v) is 20.0. The predicted molar refractivity (Wildman–Crippen MR) is 235 cm³/mol. The Kier molecular flexibility index (Phi) is 24.4. The van der Waals surface area contributed by atoms with Crippen LogP contribution in [0.15, 0.2) is 11.1 Å². The third-order valence-electron chi connectivity index (χ3n) is 6.96. The molecule has 0 aromatic rings. The summed E-state index contributed by atoms with van der Waals surface area (Å²) < 4.78 is 6.43. The number of hydrogen-bond donors (Lipinski definition) is 1. The van der Waals surface area contributed by atoms with Crippen LogP contribution in [0.1, 0.15) is 228 Å². The smallest absolute Gasteiger partial charge is 0.0605 e. The van der Waals surface area contributed by atoms with Crippen molar-refractivity contribution in [2.45, 2.75) is 255 Å². The maximum atomic E-state index is 6.03. The highest BCUT2D eigenvalue weighted by Gasteiger charge is 2.31. The normalized spacial score (nSPS) is 14.6. The second-order valence-corrected chi connectivity index (χ2v) is 27.6. The van der Waals surface area contributed by atoms with Gasteiger partial charge in [0, 0.05) is 15.5 Å². The molecule has 0 aromatic heterocycles. The third-order valence-corrected chi connectivity index (χ3v) is 8.19. The van der Waals surface area contributed by atoms with Gasteiger partial charge in [0.05, 0.1) is 11.2 Å². The van der Waals surface area contributed by atoms with Crippen molar-refractivity contribution < 1.29 is 4.74 Å². The molecule has 0 fully saturated rings. The van der Waals surface area contributed by atoms with Crippen molar-refractivity contribution in [3.05, 3.63) is 11.1 Å². The second kappa shape index (κ2) is 20.5. The van der Waals surface area contributed by atoms with Crippen molar-refractivity contribution >= 4 is 11.8 Å². The van der Waals surface area contributed by atoms with Gasteiger partial charge in [-0.05, 0) is 94.3 Å². The van der Waals surface area contributed by atoms with Crippen LogP contribution in [0, 0.1) is 32.5 Å². The van der Waals surface area contributed by atoms with Gasteiger partial charge in [-0.3, -0.25) is 0 Å². The van der Waals surface area contributed by atoms with Gasteiger partial charge in [0.2, 0.25) is 0 Å². The monoisotopic (exact) mass is 716 g/mol. The molecule has 0 atom stereocenters. The second-order valence-electron chi connectivity index (χ2n) is 24.9. The fourth-order valence-corrected chi connectivity index (χ4v) is 7.69. The van der Waals surface area contributed by atoms with Gasteiger partial charge < -0.3 is 10.5 Å². The van der Waals surface area contributed by atoms with Crippen molar-refractivity contribution in [1.29, 1.82) is 0 Å². The van der Waals surface area contributed by atoms with Gasteiger partial charge in [0.1, 0.15) is 0 Å². The minimum Gasteiger partial charge on any atom is -0.370 e. The highest BCUT2D eigenvalue weighted by Crippen LogP contribution is 2.36. The molecule has 0 aliphatic rings. The lowest BCUT2D eigenvalue weighted by atomic mass is 9.73. The highest BCUT2D eigenvalue weighted by molar-refractivity contribution is 8.01. The number of thioether (sulfide) groups is 1. The minimum atomic E-state index is -0.0156. The van der Waals surface area contributed by atoms with Crippen LogP contribution in [0.3, 0.4) is 0 Å². The van der Waals surface area contributed by atoms with Crippen LogP contribution >= 0.6 is 11.8 Å². The number of allylic oxidation sites excluding steroid dienone is 2. The van der Waals surface area contributed by atoms with Crippen molar-refractivity contribution in [2.24, 2.45) is 38.2 Å². The molecule has 0 saturated carbocycles. The Bertz CT molecular complexity index is 749. The SMILES string of the molecule is C/C(=C(\C)C(C)(C)C)C(C)(C)C.CC(C)(C)C(N)C(C)(C)C.CC(C)(C)CC(C)(C)C.CC(C)(C)OC(C)(C)C.CC(C)(C)SC(C)(C)C. The van der Waals surface area contributed by atoms with E-state index in [0.717, 1.165) is 0 Å². The van der Waals surface area contributed by atoms with Crippen LogP contribution in [-0.2, 0) is 4.74 Å². The van der Waals surface area contributed by atoms with Crippen LogP contribution in [0.25, 0.3) is 0 Å². The first-order valence-electron chi connectivity index (χ1n) is 19.2. The topological polar surface area (TPSA) is 35.2 Å². The number of nitrogens with two attached hydrogens (primary N) is 1. The fraction of sp³-hybridized carbons (Fsp3) is 0.957. The lowest BCUT2D eigenvalue weighted by Gasteiger charge is -2.37. The predicted octanol–water partition coefficient (Wildman–Crippen LogP) is 16.2. The molecule has 0 aliphatic heterocycles. The third kappa shape index (κ3) is 48.0. The van der Waals surface area contributed by atoms with E-state index in [-0.39, 0.29) is 28.1 Å². The van der Waals surface area contributed by atoms with Crippen LogP contribution in [0.5, 0.6) is 0 Å². The molecule has 2 N–H and O–H groups in total. The molecule has 0 saturated heterocycles. The molecule has 0 rings (SSSR count). The molecule has 0 aromatic carbocycles. The first kappa shape index (κ1) is 58.3. The van der Waals surface area contributed by atoms with E-state index in [1.54, 1.807) is 0 Å². The minimum absolute atomic E-state index is 0.0156. The van der Waals surface area contributed by atoms with Gasteiger partial charge in [-0.1, -0.05) is 177 Å². The van der Waals surface area contributed by atoms with Crippen LogP contribution in [0.2, 0.25) is 0 Å². The summed E-state index contributed by atoms with van der Waals surface area (Å²) in [7, 11) is 0. The summed E-state index contributed by atoms with van der Waals surface area (Å²) in [5.74, 6) is 0. The summed E-state index contributed by atoms with van der Waals surface area (Å²) in [4.78, 5) is 0. The summed E-state index contributed by atoms with van der Waals surface area (Å²) in [6.07, 6.45) is 1.29. The van der Waals surface area contributed by atoms with Crippen molar-refractivity contribution in [2.75, 3.05) is 0 Å². The van der Waals surface area contributed by atoms with Gasteiger partial charge in [0.25, 0.3) is 0 Å². The Hall–Kier alpha value is 0.0100. The zero-order valence-corrected chi connectivity index (χ0v) is 41.5. The summed E-state index contributed by atoms with van der Waals surface area (Å²) in [5, 5.41) is 0. The van der Waals surface area contributed by atoms with E-state index < -0.39 is 0 Å². The van der Waals surface area contributed by atoms with Crippen molar-refractivity contribution in [3.63, 3.8) is 0 Å². The Morgan fingerprint density at radius 2 is 0.633 bits per heavy atom. The van der Waals surface area contributed by atoms with E-state index in [0.29, 0.717) is 31.2 Å². The largest absolute Gasteiger partial charge is 0.370 e. The Labute approximate surface area is 319 Å². The van der Waals surface area contributed by atoms with E-state index in [1.807, 2.05) is 11.8 Å². The zero-order valence-electron chi connectivity index (χ0n) is 40.7. The summed E-state index contributed by atoms with van der Waals surface area (Å²) in [6, 6.07) is 0.264. The Balaban J connectivity index is -0.000000165. The Morgan fingerprint density at radius 1 is 0.429 bits per heavy atom. The Morgan fingerprint density at radius 3 is 0.653 bits per heavy atom. The van der Waals surface area contributed by atoms with Gasteiger partial charge in [-0.2, -0.15) is 11.8 Å². The molecule has 0 spiro atoms. The van der Waals surface area contributed by atoms with Gasteiger partial charge in [-0.15, -0.1) is 0 Å². The number of hydrogen-bond acceptors (Lipinski definition) is 3. The van der Waals surface area contributed by atoms with Gasteiger partial charge in [-0.25, -0.2) is 0 Å². The van der Waals surface area contributed by atoms with Crippen molar-refractivity contribution in [1.82, 2.24) is 0 Å². The number of rotatable bonds is 0. The highest BCUT2D eigenvalue weighted by atomic mass is 32.2. The van der Waals surface area contributed by atoms with E-state index in [2.05, 4.69) is 222 Å². The molecule has 2 nitrogen and oxygen atoms in total. The molecule has 302 valence electrons. The van der Waals surface area contributed by atoms with E-state index >= 15 is 0 Å². The molecule has 49 heavy (non-hydrogen) atoms. The van der Waals surface area contributed by atoms with Crippen LogP contribution < -0.4 is 5.73 Å². The average molecular weight is 716 g/mol. The molecular formula is C46H101NOS. The standard InChI is InChI=1S/C12H24.C9H21N.C9H20.C8H18O.C8H18S/c1-9(11(3,4)5)10(2)12(6,7)8;1-8(2,3)7(10)9(4,5)6;1-8(2,3)7-9(4,5)6;2*1-7(2,3)9-8(4,5)6/h1-8H3;7H,10H2,1-6H3;7H2,1-6H3;2*1-6H3/b10-9-;;;;. The van der Waals surface area contributed by atoms with Crippen molar-refractivity contribution in [3.8, 4) is 0 Å². The van der Waals surface area contributed by atoms with E-state index in [4.69, 9.17) is 10.5 Å². The fourth-order valence-electron chi connectivity index (χ4n) is 5.85. The first-order chi connectivity index (χ1) is 20.3.